The van der Waals surface area contributed by atoms with Gasteiger partial charge < -0.3 is 4.90 Å². The first kappa shape index (κ1) is 14.8. The molecular formula is C13H26N2OS. The summed E-state index contributed by atoms with van der Waals surface area (Å²) in [5.74, 6) is 2.00. The zero-order valence-electron chi connectivity index (χ0n) is 11.5. The molecule has 0 radical (unpaired) electrons. The predicted octanol–water partition coefficient (Wildman–Crippen LogP) is 2.32. The first-order chi connectivity index (χ1) is 8.10. The van der Waals surface area contributed by atoms with E-state index in [2.05, 4.69) is 32.3 Å². The second kappa shape index (κ2) is 7.27. The largest absolute Gasteiger partial charge is 0.326 e. The third kappa shape index (κ3) is 4.18. The Morgan fingerprint density at radius 3 is 2.82 bits per heavy atom. The Hall–Kier alpha value is -0.220. The normalized spacial score (nSPS) is 26.6. The van der Waals surface area contributed by atoms with Crippen molar-refractivity contribution in [1.29, 1.82) is 0 Å². The molecule has 0 aromatic rings. The van der Waals surface area contributed by atoms with E-state index in [-0.39, 0.29) is 12.2 Å². The van der Waals surface area contributed by atoms with Gasteiger partial charge in [0.25, 0.3) is 0 Å². The van der Waals surface area contributed by atoms with Crippen molar-refractivity contribution in [3.63, 3.8) is 0 Å². The maximum absolute atomic E-state index is 12.2. The summed E-state index contributed by atoms with van der Waals surface area (Å²) >= 11 is 1.85. The van der Waals surface area contributed by atoms with Gasteiger partial charge in [0.15, 0.2) is 0 Å². The fraction of sp³-hybridized carbons (Fsp3) is 0.923. The van der Waals surface area contributed by atoms with Gasteiger partial charge in [0.05, 0.1) is 12.2 Å². The minimum Gasteiger partial charge on any atom is -0.326 e. The van der Waals surface area contributed by atoms with Crippen LogP contribution in [0, 0.1) is 5.92 Å². The minimum absolute atomic E-state index is 0.0615. The molecule has 0 aromatic carbocycles. The minimum atomic E-state index is 0.0615. The lowest BCUT2D eigenvalue weighted by molar-refractivity contribution is -0.130. The smallest absolute Gasteiger partial charge is 0.241 e. The molecule has 0 saturated carbocycles. The lowest BCUT2D eigenvalue weighted by Gasteiger charge is -2.24. The van der Waals surface area contributed by atoms with Crippen LogP contribution in [0.2, 0.25) is 0 Å². The molecule has 0 aliphatic carbocycles. The van der Waals surface area contributed by atoms with Crippen LogP contribution < -0.4 is 5.32 Å². The molecule has 1 aliphatic rings. The van der Waals surface area contributed by atoms with Gasteiger partial charge in [-0.15, -0.1) is 0 Å². The van der Waals surface area contributed by atoms with E-state index in [9.17, 15) is 4.79 Å². The average molecular weight is 258 g/mol. The van der Waals surface area contributed by atoms with Crippen molar-refractivity contribution >= 4 is 17.7 Å². The fourth-order valence-electron chi connectivity index (χ4n) is 2.38. The third-order valence-corrected chi connectivity index (χ3v) is 4.20. The second-order valence-electron chi connectivity index (χ2n) is 5.09. The first-order valence-corrected chi connectivity index (χ1v) is 8.05. The van der Waals surface area contributed by atoms with Gasteiger partial charge in [-0.25, -0.2) is 0 Å². The summed E-state index contributed by atoms with van der Waals surface area (Å²) in [4.78, 5) is 14.2. The Bertz CT molecular complexity index is 248. The maximum atomic E-state index is 12.2. The molecule has 1 rings (SSSR count). The highest BCUT2D eigenvalue weighted by Gasteiger charge is 2.35. The lowest BCUT2D eigenvalue weighted by atomic mass is 10.1. The zero-order valence-corrected chi connectivity index (χ0v) is 12.3. The first-order valence-electron chi connectivity index (χ1n) is 6.65. The van der Waals surface area contributed by atoms with Gasteiger partial charge in [0.2, 0.25) is 5.91 Å². The van der Waals surface area contributed by atoms with Gasteiger partial charge in [-0.2, -0.15) is 11.8 Å². The average Bonchev–Trinajstić information content (AvgIpc) is 2.54. The maximum Gasteiger partial charge on any atom is 0.241 e. The van der Waals surface area contributed by atoms with Crippen molar-refractivity contribution in [2.75, 3.05) is 18.6 Å². The number of hydrogen-bond donors (Lipinski definition) is 1. The Balaban J connectivity index is 2.47. The summed E-state index contributed by atoms with van der Waals surface area (Å²) in [6, 6.07) is 0.0615. The summed E-state index contributed by atoms with van der Waals surface area (Å²) in [6.07, 6.45) is 5.59. The third-order valence-electron chi connectivity index (χ3n) is 3.30. The molecule has 100 valence electrons. The lowest BCUT2D eigenvalue weighted by Crippen LogP contribution is -2.38. The molecule has 0 aromatic heterocycles. The number of hydrogen-bond acceptors (Lipinski definition) is 3. The van der Waals surface area contributed by atoms with Crippen LogP contribution in [0.3, 0.4) is 0 Å². The molecule has 3 nitrogen and oxygen atoms in total. The van der Waals surface area contributed by atoms with Crippen molar-refractivity contribution in [3.05, 3.63) is 0 Å². The topological polar surface area (TPSA) is 32.3 Å². The van der Waals surface area contributed by atoms with Crippen molar-refractivity contribution in [2.24, 2.45) is 5.92 Å². The molecule has 3 unspecified atom stereocenters. The number of unbranched alkanes of at least 4 members (excludes halogenated alkanes) is 1. The van der Waals surface area contributed by atoms with Crippen LogP contribution in [0.15, 0.2) is 0 Å². The Labute approximate surface area is 110 Å². The van der Waals surface area contributed by atoms with Crippen LogP contribution >= 0.6 is 11.8 Å². The molecule has 17 heavy (non-hydrogen) atoms. The van der Waals surface area contributed by atoms with Gasteiger partial charge in [0.1, 0.15) is 0 Å². The Morgan fingerprint density at radius 2 is 2.24 bits per heavy atom. The van der Waals surface area contributed by atoms with E-state index < -0.39 is 0 Å². The molecule has 1 aliphatic heterocycles. The van der Waals surface area contributed by atoms with Crippen molar-refractivity contribution in [1.82, 2.24) is 10.2 Å². The molecule has 1 N–H and O–H groups in total. The number of carbonyl (C=O) groups is 1. The van der Waals surface area contributed by atoms with E-state index in [1.807, 2.05) is 16.7 Å². The van der Waals surface area contributed by atoms with Crippen molar-refractivity contribution in [2.45, 2.75) is 52.2 Å². The van der Waals surface area contributed by atoms with Crippen LogP contribution in [0.25, 0.3) is 0 Å². The van der Waals surface area contributed by atoms with E-state index in [0.29, 0.717) is 11.8 Å². The van der Waals surface area contributed by atoms with Crippen molar-refractivity contribution < 1.29 is 4.79 Å². The highest BCUT2D eigenvalue weighted by molar-refractivity contribution is 7.98. The monoisotopic (exact) mass is 258 g/mol. The van der Waals surface area contributed by atoms with Gasteiger partial charge in [-0.3, -0.25) is 10.1 Å². The molecule has 3 atom stereocenters. The molecule has 0 bridgehead atoms. The summed E-state index contributed by atoms with van der Waals surface area (Å²) in [6.45, 7) is 7.36. The van der Waals surface area contributed by atoms with E-state index in [0.717, 1.165) is 31.6 Å². The number of amides is 1. The summed E-state index contributed by atoms with van der Waals surface area (Å²) in [5, 5.41) is 3.41. The summed E-state index contributed by atoms with van der Waals surface area (Å²) < 4.78 is 0. The number of thioether (sulfide) groups is 1. The highest BCUT2D eigenvalue weighted by Crippen LogP contribution is 2.18. The van der Waals surface area contributed by atoms with Crippen LogP contribution in [-0.2, 0) is 4.79 Å². The number of carbonyl (C=O) groups excluding carboxylic acids is 1. The SMILES string of the molecule is CCCCC1NC(C)N(CC(C)CSC)C1=O. The molecular weight excluding hydrogens is 232 g/mol. The Morgan fingerprint density at radius 1 is 1.53 bits per heavy atom. The van der Waals surface area contributed by atoms with Crippen LogP contribution in [0.4, 0.5) is 0 Å². The summed E-state index contributed by atoms with van der Waals surface area (Å²) in [7, 11) is 0. The summed E-state index contributed by atoms with van der Waals surface area (Å²) in [5.41, 5.74) is 0. The van der Waals surface area contributed by atoms with Gasteiger partial charge >= 0.3 is 0 Å². The molecule has 1 saturated heterocycles. The van der Waals surface area contributed by atoms with Gasteiger partial charge in [-0.1, -0.05) is 26.7 Å². The number of nitrogens with zero attached hydrogens (tertiary/aromatic N) is 1. The van der Waals surface area contributed by atoms with E-state index in [4.69, 9.17) is 0 Å². The second-order valence-corrected chi connectivity index (χ2v) is 6.00. The van der Waals surface area contributed by atoms with E-state index in [1.54, 1.807) is 0 Å². The van der Waals surface area contributed by atoms with Crippen molar-refractivity contribution in [3.8, 4) is 0 Å². The van der Waals surface area contributed by atoms with Crippen LogP contribution in [0.1, 0.15) is 40.0 Å². The molecule has 0 spiro atoms. The van der Waals surface area contributed by atoms with Gasteiger partial charge in [-0.05, 0) is 31.3 Å². The number of rotatable bonds is 7. The van der Waals surface area contributed by atoms with Crippen LogP contribution in [-0.4, -0.2) is 41.6 Å². The molecule has 1 fully saturated rings. The predicted molar refractivity (Wildman–Crippen MR) is 75.2 cm³/mol. The standard InChI is InChI=1S/C13H26N2OS/c1-5-6-7-12-13(16)15(11(3)14-12)8-10(2)9-17-4/h10-12,14H,5-9H2,1-4H3. The Kier molecular flexibility index (Phi) is 6.34. The van der Waals surface area contributed by atoms with Crippen LogP contribution in [0.5, 0.6) is 0 Å². The van der Waals surface area contributed by atoms with Gasteiger partial charge in [0, 0.05) is 6.54 Å². The fourth-order valence-corrected chi connectivity index (χ4v) is 3.05. The molecule has 1 amide bonds. The highest BCUT2D eigenvalue weighted by atomic mass is 32.2. The van der Waals surface area contributed by atoms with E-state index >= 15 is 0 Å². The molecule has 4 heteroatoms. The zero-order chi connectivity index (χ0) is 12.8. The number of nitrogens with one attached hydrogen (secondary N) is 1. The van der Waals surface area contributed by atoms with E-state index in [1.165, 1.54) is 0 Å². The quantitative estimate of drug-likeness (QED) is 0.760. The molecule has 1 heterocycles.